The first-order chi connectivity index (χ1) is 9.16. The van der Waals surface area contributed by atoms with Crippen LogP contribution in [0.15, 0.2) is 18.2 Å². The Morgan fingerprint density at radius 1 is 1.32 bits per heavy atom. The second-order valence-corrected chi connectivity index (χ2v) is 5.47. The number of Topliss-reactive ketones (excluding diaryl/α,β-unsaturated/α-hetero) is 1. The van der Waals surface area contributed by atoms with E-state index in [-0.39, 0.29) is 11.3 Å². The number of nitrogens with zero attached hydrogens (tertiary/aromatic N) is 2. The van der Waals surface area contributed by atoms with Crippen LogP contribution in [0.5, 0.6) is 0 Å². The molecule has 2 saturated heterocycles. The molecular formula is C15H19FN2O. The number of fused-ring (bicyclic) bond motifs is 1. The summed E-state index contributed by atoms with van der Waals surface area (Å²) in [6.07, 6.45) is 2.46. The summed E-state index contributed by atoms with van der Waals surface area (Å²) < 4.78 is 13.9. The maximum absolute atomic E-state index is 13.9. The van der Waals surface area contributed by atoms with Crippen LogP contribution in [0.3, 0.4) is 0 Å². The molecule has 102 valence electrons. The minimum atomic E-state index is -0.404. The predicted molar refractivity (Wildman–Crippen MR) is 73.2 cm³/mol. The highest BCUT2D eigenvalue weighted by atomic mass is 19.1. The molecule has 0 radical (unpaired) electrons. The minimum absolute atomic E-state index is 0.193. The van der Waals surface area contributed by atoms with Gasteiger partial charge in [-0.25, -0.2) is 4.39 Å². The second-order valence-electron chi connectivity index (χ2n) is 5.47. The molecule has 2 fully saturated rings. The summed E-state index contributed by atoms with van der Waals surface area (Å²) in [5, 5.41) is 0. The molecule has 0 aromatic heterocycles. The van der Waals surface area contributed by atoms with E-state index in [9.17, 15) is 9.18 Å². The van der Waals surface area contributed by atoms with Crippen LogP contribution in [0.2, 0.25) is 0 Å². The van der Waals surface area contributed by atoms with Crippen molar-refractivity contribution in [2.75, 3.05) is 31.1 Å². The molecular weight excluding hydrogens is 243 g/mol. The molecule has 0 bridgehead atoms. The van der Waals surface area contributed by atoms with Crippen molar-refractivity contribution >= 4 is 11.5 Å². The van der Waals surface area contributed by atoms with Crippen molar-refractivity contribution in [3.8, 4) is 0 Å². The third kappa shape index (κ3) is 2.25. The molecule has 3 nitrogen and oxygen atoms in total. The first-order valence-corrected chi connectivity index (χ1v) is 6.95. The van der Waals surface area contributed by atoms with Gasteiger partial charge in [0.1, 0.15) is 5.82 Å². The highest BCUT2D eigenvalue weighted by Gasteiger charge is 2.31. The molecule has 2 heterocycles. The van der Waals surface area contributed by atoms with E-state index in [1.54, 1.807) is 6.07 Å². The smallest absolute Gasteiger partial charge is 0.164 e. The largest absolute Gasteiger partial charge is 0.368 e. The van der Waals surface area contributed by atoms with Gasteiger partial charge in [0.15, 0.2) is 5.78 Å². The average molecular weight is 262 g/mol. The fourth-order valence-corrected chi connectivity index (χ4v) is 3.33. The maximum Gasteiger partial charge on any atom is 0.164 e. The molecule has 0 aliphatic carbocycles. The second kappa shape index (κ2) is 4.93. The van der Waals surface area contributed by atoms with E-state index in [4.69, 9.17) is 0 Å². The summed E-state index contributed by atoms with van der Waals surface area (Å²) in [5.41, 5.74) is 1.01. The van der Waals surface area contributed by atoms with Crippen LogP contribution in [-0.4, -0.2) is 42.9 Å². The van der Waals surface area contributed by atoms with Crippen LogP contribution in [0.4, 0.5) is 10.1 Å². The molecule has 1 aromatic rings. The van der Waals surface area contributed by atoms with Gasteiger partial charge in [-0.15, -0.1) is 0 Å². The van der Waals surface area contributed by atoms with E-state index in [2.05, 4.69) is 9.80 Å². The highest BCUT2D eigenvalue weighted by Crippen LogP contribution is 2.29. The number of ketones is 1. The molecule has 1 atom stereocenters. The first kappa shape index (κ1) is 12.6. The number of carbonyl (C=O) groups excluding carboxylic acids is 1. The molecule has 1 unspecified atom stereocenters. The number of hydrogen-bond donors (Lipinski definition) is 0. The number of anilines is 1. The SMILES string of the molecule is CC(=O)c1c(F)cccc1N1CCN2CCCC2C1. The van der Waals surface area contributed by atoms with Crippen molar-refractivity contribution < 1.29 is 9.18 Å². The molecule has 2 aliphatic heterocycles. The molecule has 0 saturated carbocycles. The molecule has 1 aromatic carbocycles. The number of halogens is 1. The summed E-state index contributed by atoms with van der Waals surface area (Å²) in [7, 11) is 0. The summed E-state index contributed by atoms with van der Waals surface area (Å²) in [6, 6.07) is 5.49. The van der Waals surface area contributed by atoms with Crippen molar-refractivity contribution in [2.45, 2.75) is 25.8 Å². The van der Waals surface area contributed by atoms with E-state index in [0.29, 0.717) is 6.04 Å². The standard InChI is InChI=1S/C15H19FN2O/c1-11(19)15-13(16)5-2-6-14(15)18-9-8-17-7-3-4-12(17)10-18/h2,5-6,12H,3-4,7-10H2,1H3. The lowest BCUT2D eigenvalue weighted by Gasteiger charge is -2.39. The summed E-state index contributed by atoms with van der Waals surface area (Å²) >= 11 is 0. The predicted octanol–water partition coefficient (Wildman–Crippen LogP) is 2.31. The third-order valence-electron chi connectivity index (χ3n) is 4.27. The Kier molecular flexibility index (Phi) is 3.27. The molecule has 19 heavy (non-hydrogen) atoms. The number of benzene rings is 1. The molecule has 0 amide bonds. The molecule has 2 aliphatic rings. The fraction of sp³-hybridized carbons (Fsp3) is 0.533. The summed E-state index contributed by atoms with van der Waals surface area (Å²) in [4.78, 5) is 16.4. The van der Waals surface area contributed by atoms with E-state index in [1.807, 2.05) is 6.07 Å². The monoisotopic (exact) mass is 262 g/mol. The number of carbonyl (C=O) groups is 1. The lowest BCUT2D eigenvalue weighted by atomic mass is 10.1. The lowest BCUT2D eigenvalue weighted by molar-refractivity contribution is 0.101. The molecule has 4 heteroatoms. The Balaban J connectivity index is 1.90. The first-order valence-electron chi connectivity index (χ1n) is 6.95. The molecule has 3 rings (SSSR count). The van der Waals surface area contributed by atoms with Gasteiger partial charge in [-0.05, 0) is 38.4 Å². The van der Waals surface area contributed by atoms with Crippen molar-refractivity contribution in [3.63, 3.8) is 0 Å². The van der Waals surface area contributed by atoms with E-state index in [0.717, 1.165) is 25.3 Å². The maximum atomic E-state index is 13.9. The Morgan fingerprint density at radius 3 is 2.95 bits per heavy atom. The van der Waals surface area contributed by atoms with Crippen LogP contribution in [0, 0.1) is 5.82 Å². The minimum Gasteiger partial charge on any atom is -0.368 e. The molecule has 0 N–H and O–H groups in total. The average Bonchev–Trinajstić information content (AvgIpc) is 2.85. The van der Waals surface area contributed by atoms with Crippen LogP contribution in [-0.2, 0) is 0 Å². The van der Waals surface area contributed by atoms with Gasteiger partial charge >= 0.3 is 0 Å². The zero-order valence-corrected chi connectivity index (χ0v) is 11.2. The molecule has 0 spiro atoms. The Labute approximate surface area is 113 Å². The van der Waals surface area contributed by atoms with Gasteiger partial charge in [0.2, 0.25) is 0 Å². The number of rotatable bonds is 2. The van der Waals surface area contributed by atoms with E-state index in [1.165, 1.54) is 32.4 Å². The summed E-state index contributed by atoms with van der Waals surface area (Å²) in [5.74, 6) is -0.596. The zero-order chi connectivity index (χ0) is 13.4. The van der Waals surface area contributed by atoms with Gasteiger partial charge in [0.25, 0.3) is 0 Å². The fourth-order valence-electron chi connectivity index (χ4n) is 3.33. The Bertz CT molecular complexity index is 503. The van der Waals surface area contributed by atoms with Gasteiger partial charge in [-0.1, -0.05) is 6.07 Å². The van der Waals surface area contributed by atoms with Gasteiger partial charge in [-0.2, -0.15) is 0 Å². The highest BCUT2D eigenvalue weighted by molar-refractivity contribution is 6.00. The van der Waals surface area contributed by atoms with E-state index >= 15 is 0 Å². The van der Waals surface area contributed by atoms with Crippen LogP contribution < -0.4 is 4.90 Å². The topological polar surface area (TPSA) is 23.6 Å². The van der Waals surface area contributed by atoms with E-state index < -0.39 is 5.82 Å². The normalized spacial score (nSPS) is 23.5. The summed E-state index contributed by atoms with van der Waals surface area (Å²) in [6.45, 7) is 5.41. The van der Waals surface area contributed by atoms with Gasteiger partial charge in [0.05, 0.1) is 11.3 Å². The van der Waals surface area contributed by atoms with Gasteiger partial charge in [0, 0.05) is 25.7 Å². The van der Waals surface area contributed by atoms with Crippen LogP contribution in [0.25, 0.3) is 0 Å². The Morgan fingerprint density at radius 2 is 2.16 bits per heavy atom. The van der Waals surface area contributed by atoms with Crippen LogP contribution >= 0.6 is 0 Å². The Hall–Kier alpha value is -1.42. The van der Waals surface area contributed by atoms with Crippen molar-refractivity contribution in [2.24, 2.45) is 0 Å². The lowest BCUT2D eigenvalue weighted by Crippen LogP contribution is -2.50. The number of piperazine rings is 1. The van der Waals surface area contributed by atoms with Gasteiger partial charge in [-0.3, -0.25) is 9.69 Å². The quantitative estimate of drug-likeness (QED) is 0.764. The zero-order valence-electron chi connectivity index (χ0n) is 11.2. The van der Waals surface area contributed by atoms with Crippen molar-refractivity contribution in [1.29, 1.82) is 0 Å². The van der Waals surface area contributed by atoms with Crippen LogP contribution in [0.1, 0.15) is 30.1 Å². The van der Waals surface area contributed by atoms with Crippen molar-refractivity contribution in [3.05, 3.63) is 29.6 Å². The van der Waals surface area contributed by atoms with Crippen molar-refractivity contribution in [1.82, 2.24) is 4.90 Å². The third-order valence-corrected chi connectivity index (χ3v) is 4.27. The number of hydrogen-bond acceptors (Lipinski definition) is 3. The van der Waals surface area contributed by atoms with Gasteiger partial charge < -0.3 is 4.90 Å².